The first-order valence-corrected chi connectivity index (χ1v) is 26.4. The van der Waals surface area contributed by atoms with Crippen LogP contribution in [0.5, 0.6) is 0 Å². The number of benzene rings is 2. The maximum Gasteiger partial charge on any atom is 0.255 e. The molecule has 1 spiro atoms. The average Bonchev–Trinajstić information content (AvgIpc) is 4.17. The number of nitrogens with zero attached hydrogens (tertiary/aromatic N) is 6. The number of rotatable bonds is 12. The van der Waals surface area contributed by atoms with Crippen LogP contribution in [0.1, 0.15) is 124 Å². The van der Waals surface area contributed by atoms with Crippen LogP contribution in [-0.2, 0) is 15.0 Å². The molecule has 0 unspecified atom stereocenters. The highest BCUT2D eigenvalue weighted by atomic mass is 19.1. The van der Waals surface area contributed by atoms with E-state index in [2.05, 4.69) is 55.1 Å². The third-order valence-electron chi connectivity index (χ3n) is 14.6. The Morgan fingerprint density at radius 3 is 2.11 bits per heavy atom. The number of anilines is 2. The molecule has 1 saturated carbocycles. The normalized spacial score (nSPS) is 17.5. The second-order valence-corrected chi connectivity index (χ2v) is 19.8. The van der Waals surface area contributed by atoms with Gasteiger partial charge < -0.3 is 31.0 Å². The fraction of sp³-hybridized carbons (Fsp3) is 0.500. The van der Waals surface area contributed by atoms with Crippen LogP contribution in [0.4, 0.5) is 24.5 Å². The fourth-order valence-electron chi connectivity index (χ4n) is 10.5. The van der Waals surface area contributed by atoms with Gasteiger partial charge in [0.15, 0.2) is 0 Å². The average molecular weight is 1020 g/mol. The maximum atomic E-state index is 15.7. The number of primary amides is 1. The molecule has 13 nitrogen and oxygen atoms in total. The lowest BCUT2D eigenvalue weighted by molar-refractivity contribution is -0.118. The summed E-state index contributed by atoms with van der Waals surface area (Å²) in [7, 11) is 3.75. The number of unbranched alkanes of at least 4 members (excludes halogenated alkanes) is 1. The Balaban J connectivity index is 0.000000650. The lowest BCUT2D eigenvalue weighted by Crippen LogP contribution is -2.49. The van der Waals surface area contributed by atoms with Gasteiger partial charge in [-0.3, -0.25) is 33.7 Å². The number of nitrogens with two attached hydrogens (primary N) is 1. The summed E-state index contributed by atoms with van der Waals surface area (Å²) >= 11 is 0. The minimum absolute atomic E-state index is 0.0688. The summed E-state index contributed by atoms with van der Waals surface area (Å²) in [6.45, 7) is 24.2. The van der Waals surface area contributed by atoms with E-state index in [0.717, 1.165) is 81.3 Å². The van der Waals surface area contributed by atoms with E-state index in [9.17, 15) is 18.8 Å². The van der Waals surface area contributed by atoms with Gasteiger partial charge in [0.05, 0.1) is 5.69 Å². The van der Waals surface area contributed by atoms with E-state index in [-0.39, 0.29) is 39.8 Å². The quantitative estimate of drug-likeness (QED) is 0.125. The van der Waals surface area contributed by atoms with Gasteiger partial charge in [0.25, 0.3) is 11.5 Å². The Hall–Kier alpha value is -6.10. The van der Waals surface area contributed by atoms with E-state index >= 15 is 8.78 Å². The third kappa shape index (κ3) is 14.8. The van der Waals surface area contributed by atoms with Crippen LogP contribution >= 0.6 is 0 Å². The first-order valence-electron chi connectivity index (χ1n) is 26.4. The van der Waals surface area contributed by atoms with Crippen molar-refractivity contribution in [3.8, 4) is 5.69 Å². The van der Waals surface area contributed by atoms with Crippen molar-refractivity contribution in [3.63, 3.8) is 0 Å². The molecular weight excluding hydrogens is 944 g/mol. The molecule has 2 amide bonds. The first-order chi connectivity index (χ1) is 35.6. The summed E-state index contributed by atoms with van der Waals surface area (Å²) in [4.78, 5) is 57.5. The summed E-state index contributed by atoms with van der Waals surface area (Å²) in [6, 6.07) is 13.3. The summed E-state index contributed by atoms with van der Waals surface area (Å²) in [5.74, 6) is -2.12. The number of piperazine rings is 1. The van der Waals surface area contributed by atoms with Gasteiger partial charge in [-0.15, -0.1) is 0 Å². The molecule has 0 radical (unpaired) electrons. The largest absolute Gasteiger partial charge is 0.370 e. The Morgan fingerprint density at radius 1 is 0.892 bits per heavy atom. The third-order valence-corrected chi connectivity index (χ3v) is 14.6. The Morgan fingerprint density at radius 2 is 1.53 bits per heavy atom. The Bertz CT molecular complexity index is 2590. The van der Waals surface area contributed by atoms with Crippen LogP contribution in [0.2, 0.25) is 0 Å². The highest BCUT2D eigenvalue weighted by Crippen LogP contribution is 2.59. The molecule has 5 aliphatic rings. The number of aromatic nitrogens is 2. The minimum atomic E-state index is -0.650. The summed E-state index contributed by atoms with van der Waals surface area (Å²) in [5.41, 5.74) is 12.9. The molecule has 2 aromatic heterocycles. The number of piperidine rings is 2. The number of carbonyl (C=O) groups is 3. The van der Waals surface area contributed by atoms with Crippen molar-refractivity contribution in [2.75, 3.05) is 89.8 Å². The number of pyridine rings is 2. The van der Waals surface area contributed by atoms with Crippen molar-refractivity contribution >= 4 is 36.1 Å². The number of halogens is 3. The zero-order valence-corrected chi connectivity index (χ0v) is 44.9. The molecule has 1 aliphatic carbocycles. The number of carbonyl (C=O) groups excluding carboxylic acids is 3. The number of hydrogen-bond donors (Lipinski definition) is 3. The van der Waals surface area contributed by atoms with Gasteiger partial charge in [-0.25, -0.2) is 13.2 Å². The van der Waals surface area contributed by atoms with Crippen molar-refractivity contribution < 1.29 is 27.6 Å². The van der Waals surface area contributed by atoms with E-state index < -0.39 is 17.5 Å². The van der Waals surface area contributed by atoms with Crippen LogP contribution in [0.3, 0.4) is 0 Å². The van der Waals surface area contributed by atoms with E-state index in [0.29, 0.717) is 69.3 Å². The predicted octanol–water partition coefficient (Wildman–Crippen LogP) is 9.23. The highest BCUT2D eigenvalue weighted by molar-refractivity contribution is 5.94. The van der Waals surface area contributed by atoms with Crippen molar-refractivity contribution in [1.29, 1.82) is 0 Å². The second-order valence-electron chi connectivity index (χ2n) is 19.8. The fourth-order valence-corrected chi connectivity index (χ4v) is 10.5. The Kier molecular flexibility index (Phi) is 22.2. The monoisotopic (exact) mass is 1020 g/mol. The van der Waals surface area contributed by atoms with Crippen molar-refractivity contribution in [2.24, 2.45) is 11.7 Å². The zero-order chi connectivity index (χ0) is 54.1. The standard InChI is InChI=1S/C48H54F3N7O2.C5H11NO.C2H7N.C2H6.CH2O/c1-31(24-39-32(2)52-15-8-44(39)58-30-37(49)4-7-45(58)59)28-54-16-11-35(12-17-54)46-41(50)25-36(26-42(46)51)47(60)57-18-9-34(10-19-57)29-55-20-22-56(23-21-55)38-5-6-43-40(27-38)48(13-14-48)33(3)53-43;1-2-3-4-5(6)7;1-3-2;2*1-2/h4-8,15,24-27,30,34-35,53H,3,9-14,16-23,28-29H2,1-2H3;2-4H2,1H3,(H2,6,7);3H,1-2H3;1-2H3;1H2/b31-24+;;;;. The maximum absolute atomic E-state index is 15.7. The molecular formula is C58H80F3N9O4. The molecule has 4 N–H and O–H groups in total. The highest BCUT2D eigenvalue weighted by Gasteiger charge is 2.52. The smallest absolute Gasteiger partial charge is 0.255 e. The second kappa shape index (κ2) is 28.0. The van der Waals surface area contributed by atoms with Gasteiger partial charge in [0.2, 0.25) is 5.91 Å². The number of hydrogen-bond acceptors (Lipinski definition) is 10. The van der Waals surface area contributed by atoms with E-state index in [1.165, 1.54) is 58.7 Å². The van der Waals surface area contributed by atoms with E-state index in [1.807, 2.05) is 61.6 Å². The number of likely N-dealkylation sites (tertiary alicyclic amines) is 2. The van der Waals surface area contributed by atoms with Gasteiger partial charge in [-0.2, -0.15) is 0 Å². The SMILES string of the molecule is C=C1Nc2ccc(N3CCN(CC4CCN(C(=O)c5cc(F)c(C6CCN(C/C(C)=C/c7c(-n8cc(F)ccc8=O)ccnc7C)CC6)c(F)c5)CC4)CC3)cc2C12CC2.C=O.CC.CCCCC(N)=O.CNC. The molecule has 6 heterocycles. The molecule has 0 bridgehead atoms. The molecule has 16 heteroatoms. The van der Waals surface area contributed by atoms with Crippen molar-refractivity contribution in [2.45, 2.75) is 104 Å². The molecule has 4 fully saturated rings. The van der Waals surface area contributed by atoms with E-state index in [4.69, 9.17) is 10.5 Å². The van der Waals surface area contributed by atoms with Gasteiger partial charge in [0, 0.05) is 122 Å². The lowest BCUT2D eigenvalue weighted by Gasteiger charge is -2.39. The topological polar surface area (TPSA) is 149 Å². The van der Waals surface area contributed by atoms with E-state index in [1.54, 1.807) is 17.2 Å². The summed E-state index contributed by atoms with van der Waals surface area (Å²) in [5, 5.41) is 6.24. The number of allylic oxidation sites excluding steroid dienone is 1. The Labute approximate surface area is 437 Å². The van der Waals surface area contributed by atoms with Crippen molar-refractivity contribution in [3.05, 3.63) is 135 Å². The molecule has 402 valence electrons. The van der Waals surface area contributed by atoms with Crippen molar-refractivity contribution in [1.82, 2.24) is 29.6 Å². The summed E-state index contributed by atoms with van der Waals surface area (Å²) in [6.07, 6.45) is 12.5. The zero-order valence-electron chi connectivity index (χ0n) is 44.9. The van der Waals surface area contributed by atoms with Gasteiger partial charge in [-0.05, 0) is 146 Å². The molecule has 4 aromatic rings. The molecule has 0 atom stereocenters. The predicted molar refractivity (Wildman–Crippen MR) is 293 cm³/mol. The summed E-state index contributed by atoms with van der Waals surface area (Å²) < 4.78 is 46.8. The molecule has 2 aromatic carbocycles. The van der Waals surface area contributed by atoms with Crippen LogP contribution < -0.4 is 26.8 Å². The minimum Gasteiger partial charge on any atom is -0.370 e. The molecule has 74 heavy (non-hydrogen) atoms. The number of fused-ring (bicyclic) bond motifs is 2. The van der Waals surface area contributed by atoms with Gasteiger partial charge >= 0.3 is 0 Å². The first kappa shape index (κ1) is 58.8. The molecule has 3 saturated heterocycles. The number of amides is 2. The van der Waals surface area contributed by atoms with Crippen LogP contribution in [0.25, 0.3) is 11.8 Å². The molecule has 9 rings (SSSR count). The van der Waals surface area contributed by atoms with Crippen LogP contribution in [-0.4, -0.2) is 122 Å². The lowest BCUT2D eigenvalue weighted by atomic mass is 9.87. The number of nitrogens with one attached hydrogen (secondary N) is 2. The van der Waals surface area contributed by atoms with Gasteiger partial charge in [0.1, 0.15) is 24.2 Å². The van der Waals surface area contributed by atoms with Gasteiger partial charge in [-0.1, -0.05) is 45.4 Å². The van der Waals surface area contributed by atoms with Crippen LogP contribution in [0, 0.1) is 30.3 Å². The number of aryl methyl sites for hydroxylation is 1. The molecule has 4 aliphatic heterocycles. The van der Waals surface area contributed by atoms with Crippen LogP contribution in [0.15, 0.2) is 83.6 Å².